The van der Waals surface area contributed by atoms with Gasteiger partial charge in [0, 0.05) is 16.8 Å². The Hall–Kier alpha value is -3.40. The lowest BCUT2D eigenvalue weighted by Gasteiger charge is -2.13. The summed E-state index contributed by atoms with van der Waals surface area (Å²) in [6, 6.07) is 24.9. The molecule has 0 aromatic heterocycles. The molecule has 0 radical (unpaired) electrons. The summed E-state index contributed by atoms with van der Waals surface area (Å²) in [6.07, 6.45) is 0. The van der Waals surface area contributed by atoms with Crippen LogP contribution in [0.2, 0.25) is 0 Å². The number of amides is 1. The number of hydrogen-bond acceptors (Lipinski definition) is 3. The molecule has 0 atom stereocenters. The van der Waals surface area contributed by atoms with Crippen LogP contribution in [0.1, 0.15) is 17.3 Å². The highest BCUT2D eigenvalue weighted by molar-refractivity contribution is 6.04. The molecule has 4 nitrogen and oxygen atoms in total. The molecule has 3 rings (SSSR count). The van der Waals surface area contributed by atoms with Gasteiger partial charge in [-0.15, -0.1) is 0 Å². The van der Waals surface area contributed by atoms with E-state index in [2.05, 4.69) is 10.6 Å². The zero-order chi connectivity index (χ0) is 18.4. The molecule has 0 aliphatic heterocycles. The van der Waals surface area contributed by atoms with Crippen molar-refractivity contribution in [3.05, 3.63) is 84.4 Å². The second kappa shape index (κ2) is 8.12. The molecule has 26 heavy (non-hydrogen) atoms. The Balaban J connectivity index is 1.71. The average molecular weight is 344 g/mol. The summed E-state index contributed by atoms with van der Waals surface area (Å²) in [6.45, 7) is 1.59. The van der Waals surface area contributed by atoms with Crippen molar-refractivity contribution in [3.8, 4) is 11.1 Å². The van der Waals surface area contributed by atoms with Crippen molar-refractivity contribution in [2.45, 2.75) is 6.92 Å². The monoisotopic (exact) mass is 344 g/mol. The molecular weight excluding hydrogens is 324 g/mol. The van der Waals surface area contributed by atoms with Crippen molar-refractivity contribution in [2.24, 2.45) is 0 Å². The number of para-hydroxylation sites is 2. The van der Waals surface area contributed by atoms with E-state index in [4.69, 9.17) is 0 Å². The first-order valence-electron chi connectivity index (χ1n) is 8.43. The zero-order valence-electron chi connectivity index (χ0n) is 14.5. The second-order valence-corrected chi connectivity index (χ2v) is 5.92. The smallest absolute Gasteiger partial charge is 0.243 e. The van der Waals surface area contributed by atoms with E-state index >= 15 is 0 Å². The Bertz CT molecular complexity index is 920. The number of Topliss-reactive ketones (excluding diaryl/α,β-unsaturated/α-hetero) is 1. The van der Waals surface area contributed by atoms with E-state index in [0.717, 1.165) is 16.8 Å². The van der Waals surface area contributed by atoms with Crippen molar-refractivity contribution in [1.29, 1.82) is 0 Å². The van der Waals surface area contributed by atoms with Gasteiger partial charge in [-0.2, -0.15) is 0 Å². The first-order valence-corrected chi connectivity index (χ1v) is 8.43. The number of anilines is 2. The molecule has 2 N–H and O–H groups in total. The molecule has 0 aliphatic carbocycles. The third-order valence-corrected chi connectivity index (χ3v) is 4.03. The van der Waals surface area contributed by atoms with Crippen LogP contribution < -0.4 is 10.6 Å². The third-order valence-electron chi connectivity index (χ3n) is 4.03. The summed E-state index contributed by atoms with van der Waals surface area (Å²) in [7, 11) is 0. The largest absolute Gasteiger partial charge is 0.376 e. The molecular formula is C22H20N2O2. The fourth-order valence-electron chi connectivity index (χ4n) is 2.78. The highest BCUT2D eigenvalue weighted by Gasteiger charge is 2.10. The van der Waals surface area contributed by atoms with Crippen LogP contribution in [-0.4, -0.2) is 18.2 Å². The summed E-state index contributed by atoms with van der Waals surface area (Å²) in [5, 5.41) is 5.98. The molecule has 0 fully saturated rings. The second-order valence-electron chi connectivity index (χ2n) is 5.92. The van der Waals surface area contributed by atoms with E-state index in [-0.39, 0.29) is 18.2 Å². The van der Waals surface area contributed by atoms with Crippen LogP contribution in [0.5, 0.6) is 0 Å². The molecule has 0 saturated heterocycles. The van der Waals surface area contributed by atoms with E-state index in [0.29, 0.717) is 11.3 Å². The summed E-state index contributed by atoms with van der Waals surface area (Å²) in [5.41, 5.74) is 4.03. The quantitative estimate of drug-likeness (QED) is 0.642. The van der Waals surface area contributed by atoms with Crippen LogP contribution in [0.25, 0.3) is 11.1 Å². The average Bonchev–Trinajstić information content (AvgIpc) is 2.67. The number of ketones is 1. The maximum atomic E-state index is 12.3. The van der Waals surface area contributed by atoms with Gasteiger partial charge in [0.2, 0.25) is 5.91 Å². The Morgan fingerprint density at radius 1 is 0.769 bits per heavy atom. The van der Waals surface area contributed by atoms with Crippen molar-refractivity contribution in [1.82, 2.24) is 0 Å². The molecule has 1 amide bonds. The predicted molar refractivity (Wildman–Crippen MR) is 105 cm³/mol. The lowest BCUT2D eigenvalue weighted by Crippen LogP contribution is -2.23. The first-order chi connectivity index (χ1) is 12.6. The third kappa shape index (κ3) is 4.16. The van der Waals surface area contributed by atoms with Crippen molar-refractivity contribution < 1.29 is 9.59 Å². The van der Waals surface area contributed by atoms with E-state index in [1.165, 1.54) is 6.92 Å². The Labute approximate surface area is 152 Å². The molecule has 0 spiro atoms. The van der Waals surface area contributed by atoms with Gasteiger partial charge in [0.1, 0.15) is 0 Å². The number of benzene rings is 3. The predicted octanol–water partition coefficient (Wildman–Crippen LogP) is 4.61. The molecule has 0 aliphatic rings. The first kappa shape index (κ1) is 17.4. The van der Waals surface area contributed by atoms with Gasteiger partial charge in [-0.3, -0.25) is 9.59 Å². The Kier molecular flexibility index (Phi) is 5.44. The SMILES string of the molecule is CC(=O)c1ccccc1NC(=O)CNc1ccccc1-c1ccccc1. The van der Waals surface area contributed by atoms with Gasteiger partial charge in [0.05, 0.1) is 12.2 Å². The molecule has 3 aromatic rings. The summed E-state index contributed by atoms with van der Waals surface area (Å²) in [4.78, 5) is 24.0. The number of hydrogen-bond donors (Lipinski definition) is 2. The van der Waals surface area contributed by atoms with Crippen LogP contribution in [0.15, 0.2) is 78.9 Å². The highest BCUT2D eigenvalue weighted by atomic mass is 16.2. The van der Waals surface area contributed by atoms with Gasteiger partial charge < -0.3 is 10.6 Å². The van der Waals surface area contributed by atoms with Gasteiger partial charge in [0.15, 0.2) is 5.78 Å². The summed E-state index contributed by atoms with van der Waals surface area (Å²) < 4.78 is 0. The van der Waals surface area contributed by atoms with E-state index < -0.39 is 0 Å². The minimum Gasteiger partial charge on any atom is -0.376 e. The molecule has 130 valence electrons. The number of rotatable bonds is 6. The lowest BCUT2D eigenvalue weighted by atomic mass is 10.0. The summed E-state index contributed by atoms with van der Waals surface area (Å²) in [5.74, 6) is -0.287. The van der Waals surface area contributed by atoms with Crippen LogP contribution in [0, 0.1) is 0 Å². The van der Waals surface area contributed by atoms with Crippen LogP contribution >= 0.6 is 0 Å². The zero-order valence-corrected chi connectivity index (χ0v) is 14.5. The molecule has 0 unspecified atom stereocenters. The molecule has 0 heterocycles. The lowest BCUT2D eigenvalue weighted by molar-refractivity contribution is -0.114. The Morgan fingerprint density at radius 3 is 2.12 bits per heavy atom. The maximum absolute atomic E-state index is 12.3. The molecule has 4 heteroatoms. The van der Waals surface area contributed by atoms with E-state index in [1.807, 2.05) is 54.6 Å². The molecule has 0 bridgehead atoms. The van der Waals surface area contributed by atoms with Crippen molar-refractivity contribution in [2.75, 3.05) is 17.2 Å². The standard InChI is InChI=1S/C22H20N2O2/c1-16(25)18-11-5-8-14-21(18)24-22(26)15-23-20-13-7-6-12-19(20)17-9-3-2-4-10-17/h2-14,23H,15H2,1H3,(H,24,26). The fraction of sp³-hybridized carbons (Fsp3) is 0.0909. The highest BCUT2D eigenvalue weighted by Crippen LogP contribution is 2.27. The van der Waals surface area contributed by atoms with Gasteiger partial charge in [-0.25, -0.2) is 0 Å². The molecule has 0 saturated carbocycles. The van der Waals surface area contributed by atoms with Crippen molar-refractivity contribution >= 4 is 23.1 Å². The normalized spacial score (nSPS) is 10.2. The van der Waals surface area contributed by atoms with Crippen LogP contribution in [0.3, 0.4) is 0 Å². The topological polar surface area (TPSA) is 58.2 Å². The summed E-state index contributed by atoms with van der Waals surface area (Å²) >= 11 is 0. The molecule has 3 aromatic carbocycles. The number of carbonyl (C=O) groups excluding carboxylic acids is 2. The van der Waals surface area contributed by atoms with Gasteiger partial charge in [-0.05, 0) is 30.7 Å². The fourth-order valence-corrected chi connectivity index (χ4v) is 2.78. The Morgan fingerprint density at radius 2 is 1.38 bits per heavy atom. The van der Waals surface area contributed by atoms with Crippen LogP contribution in [-0.2, 0) is 4.79 Å². The van der Waals surface area contributed by atoms with Crippen LogP contribution in [0.4, 0.5) is 11.4 Å². The van der Waals surface area contributed by atoms with E-state index in [9.17, 15) is 9.59 Å². The van der Waals surface area contributed by atoms with Gasteiger partial charge in [0.25, 0.3) is 0 Å². The van der Waals surface area contributed by atoms with Gasteiger partial charge >= 0.3 is 0 Å². The van der Waals surface area contributed by atoms with Crippen molar-refractivity contribution in [3.63, 3.8) is 0 Å². The maximum Gasteiger partial charge on any atom is 0.243 e. The van der Waals surface area contributed by atoms with E-state index in [1.54, 1.807) is 24.3 Å². The number of nitrogens with one attached hydrogen (secondary N) is 2. The minimum atomic E-state index is -0.207. The van der Waals surface area contributed by atoms with Gasteiger partial charge in [-0.1, -0.05) is 60.7 Å². The number of carbonyl (C=O) groups is 2. The minimum absolute atomic E-state index is 0.0803.